The molecule has 23 heavy (non-hydrogen) atoms. The molecular formula is C16H17ClN2O4. The molecule has 122 valence electrons. The summed E-state index contributed by atoms with van der Waals surface area (Å²) in [5.41, 5.74) is 1.89. The summed E-state index contributed by atoms with van der Waals surface area (Å²) in [5, 5.41) is 7.00. The van der Waals surface area contributed by atoms with Crippen molar-refractivity contribution in [2.45, 2.75) is 33.3 Å². The zero-order chi connectivity index (χ0) is 17.0. The second-order valence-corrected chi connectivity index (χ2v) is 5.54. The number of nitrogens with one attached hydrogen (secondary N) is 1. The SMILES string of the molecule is Cc1noc(C)c1CC(=O)OC(C)C(=O)Nc1ccc(Cl)cc1. The molecule has 0 aliphatic heterocycles. The van der Waals surface area contributed by atoms with Crippen LogP contribution in [0, 0.1) is 13.8 Å². The van der Waals surface area contributed by atoms with Crippen molar-refractivity contribution in [1.29, 1.82) is 0 Å². The molecule has 1 heterocycles. The monoisotopic (exact) mass is 336 g/mol. The van der Waals surface area contributed by atoms with Crippen molar-refractivity contribution in [1.82, 2.24) is 5.16 Å². The summed E-state index contributed by atoms with van der Waals surface area (Å²) in [5.74, 6) is -0.365. The fraction of sp³-hybridized carbons (Fsp3) is 0.312. The van der Waals surface area contributed by atoms with E-state index in [0.29, 0.717) is 27.7 Å². The third-order valence-electron chi connectivity index (χ3n) is 3.29. The van der Waals surface area contributed by atoms with E-state index in [1.165, 1.54) is 6.92 Å². The molecule has 1 aromatic heterocycles. The van der Waals surface area contributed by atoms with Gasteiger partial charge in [0.05, 0.1) is 12.1 Å². The fourth-order valence-electron chi connectivity index (χ4n) is 1.97. The van der Waals surface area contributed by atoms with Crippen molar-refractivity contribution in [3.63, 3.8) is 0 Å². The number of benzene rings is 1. The van der Waals surface area contributed by atoms with Crippen molar-refractivity contribution in [2.24, 2.45) is 0 Å². The van der Waals surface area contributed by atoms with Crippen LogP contribution >= 0.6 is 11.6 Å². The summed E-state index contributed by atoms with van der Waals surface area (Å²) in [6.07, 6.45) is -0.904. The van der Waals surface area contributed by atoms with Gasteiger partial charge >= 0.3 is 5.97 Å². The van der Waals surface area contributed by atoms with Crippen LogP contribution in [0.1, 0.15) is 23.9 Å². The molecule has 2 rings (SSSR count). The molecule has 0 saturated carbocycles. The third-order valence-corrected chi connectivity index (χ3v) is 3.54. The topological polar surface area (TPSA) is 81.4 Å². The van der Waals surface area contributed by atoms with Gasteiger partial charge in [0.1, 0.15) is 5.76 Å². The van der Waals surface area contributed by atoms with Gasteiger partial charge in [-0.1, -0.05) is 16.8 Å². The molecule has 7 heteroatoms. The summed E-state index contributed by atoms with van der Waals surface area (Å²) >= 11 is 5.78. The van der Waals surface area contributed by atoms with Gasteiger partial charge in [0.2, 0.25) is 0 Å². The van der Waals surface area contributed by atoms with Gasteiger partial charge in [-0.25, -0.2) is 0 Å². The first-order chi connectivity index (χ1) is 10.9. The van der Waals surface area contributed by atoms with Crippen LogP contribution in [0.15, 0.2) is 28.8 Å². The molecule has 1 N–H and O–H groups in total. The third kappa shape index (κ3) is 4.56. The lowest BCUT2D eigenvalue weighted by atomic mass is 10.1. The van der Waals surface area contributed by atoms with E-state index in [2.05, 4.69) is 10.5 Å². The zero-order valence-corrected chi connectivity index (χ0v) is 13.8. The molecule has 1 amide bonds. The van der Waals surface area contributed by atoms with E-state index in [4.69, 9.17) is 20.9 Å². The van der Waals surface area contributed by atoms with Crippen LogP contribution in [0.2, 0.25) is 5.02 Å². The highest BCUT2D eigenvalue weighted by molar-refractivity contribution is 6.30. The van der Waals surface area contributed by atoms with Crippen LogP contribution in [0.25, 0.3) is 0 Å². The van der Waals surface area contributed by atoms with Crippen LogP contribution in [0.3, 0.4) is 0 Å². The van der Waals surface area contributed by atoms with E-state index in [1.54, 1.807) is 38.1 Å². The van der Waals surface area contributed by atoms with Crippen molar-refractivity contribution >= 4 is 29.2 Å². The molecule has 0 saturated heterocycles. The lowest BCUT2D eigenvalue weighted by Gasteiger charge is -2.13. The molecule has 1 atom stereocenters. The van der Waals surface area contributed by atoms with E-state index in [9.17, 15) is 9.59 Å². The molecule has 1 aromatic carbocycles. The minimum atomic E-state index is -0.918. The van der Waals surface area contributed by atoms with Crippen LogP contribution < -0.4 is 5.32 Å². The molecular weight excluding hydrogens is 320 g/mol. The summed E-state index contributed by atoms with van der Waals surface area (Å²) in [4.78, 5) is 24.0. The van der Waals surface area contributed by atoms with Crippen LogP contribution in [-0.2, 0) is 20.7 Å². The van der Waals surface area contributed by atoms with E-state index < -0.39 is 18.0 Å². The van der Waals surface area contributed by atoms with Gasteiger partial charge in [0, 0.05) is 16.3 Å². The van der Waals surface area contributed by atoms with E-state index in [1.807, 2.05) is 0 Å². The first-order valence-corrected chi connectivity index (χ1v) is 7.42. The maximum absolute atomic E-state index is 12.0. The number of aromatic nitrogens is 1. The summed E-state index contributed by atoms with van der Waals surface area (Å²) in [6, 6.07) is 6.65. The highest BCUT2D eigenvalue weighted by Crippen LogP contribution is 2.15. The number of ether oxygens (including phenoxy) is 1. The number of carbonyl (C=O) groups is 2. The molecule has 6 nitrogen and oxygen atoms in total. The van der Waals surface area contributed by atoms with Gasteiger partial charge in [-0.15, -0.1) is 0 Å². The number of amides is 1. The van der Waals surface area contributed by atoms with E-state index in [-0.39, 0.29) is 6.42 Å². The summed E-state index contributed by atoms with van der Waals surface area (Å²) in [7, 11) is 0. The molecule has 0 bridgehead atoms. The maximum atomic E-state index is 12.0. The molecule has 2 aromatic rings. The Morgan fingerprint density at radius 3 is 2.52 bits per heavy atom. The average Bonchev–Trinajstić information content (AvgIpc) is 2.81. The highest BCUT2D eigenvalue weighted by Gasteiger charge is 2.20. The average molecular weight is 337 g/mol. The molecule has 0 radical (unpaired) electrons. The van der Waals surface area contributed by atoms with Gasteiger partial charge in [-0.2, -0.15) is 0 Å². The Bertz CT molecular complexity index is 690. The molecule has 1 unspecified atom stereocenters. The standard InChI is InChI=1S/C16H17ClN2O4/c1-9-14(10(2)23-19-9)8-15(20)22-11(3)16(21)18-13-6-4-12(17)5-7-13/h4-7,11H,8H2,1-3H3,(H,18,21). The number of hydrogen-bond donors (Lipinski definition) is 1. The Morgan fingerprint density at radius 1 is 1.30 bits per heavy atom. The normalized spacial score (nSPS) is 11.8. The molecule has 0 aliphatic rings. The number of nitrogens with zero attached hydrogens (tertiary/aromatic N) is 1. The summed E-state index contributed by atoms with van der Waals surface area (Å²) < 4.78 is 10.1. The van der Waals surface area contributed by atoms with Crippen LogP contribution in [0.4, 0.5) is 5.69 Å². The smallest absolute Gasteiger partial charge is 0.311 e. The van der Waals surface area contributed by atoms with Gasteiger partial charge < -0.3 is 14.6 Å². The molecule has 0 aliphatic carbocycles. The number of esters is 1. The Morgan fingerprint density at radius 2 is 1.96 bits per heavy atom. The Kier molecular flexibility index (Phi) is 5.39. The quantitative estimate of drug-likeness (QED) is 0.849. The predicted molar refractivity (Wildman–Crippen MR) is 85.3 cm³/mol. The number of anilines is 1. The second-order valence-electron chi connectivity index (χ2n) is 5.11. The number of rotatable bonds is 5. The Balaban J connectivity index is 1.90. The number of carbonyl (C=O) groups excluding carboxylic acids is 2. The van der Waals surface area contributed by atoms with Gasteiger partial charge in [0.15, 0.2) is 6.10 Å². The molecule has 0 spiro atoms. The van der Waals surface area contributed by atoms with Crippen LogP contribution in [-0.4, -0.2) is 23.1 Å². The Labute approximate surface area is 138 Å². The van der Waals surface area contributed by atoms with E-state index >= 15 is 0 Å². The first-order valence-electron chi connectivity index (χ1n) is 7.04. The number of hydrogen-bond acceptors (Lipinski definition) is 5. The lowest BCUT2D eigenvalue weighted by Crippen LogP contribution is -2.30. The van der Waals surface area contributed by atoms with Gasteiger partial charge in [-0.05, 0) is 45.0 Å². The maximum Gasteiger partial charge on any atom is 0.311 e. The van der Waals surface area contributed by atoms with Gasteiger partial charge in [-0.3, -0.25) is 9.59 Å². The van der Waals surface area contributed by atoms with Crippen molar-refractivity contribution < 1.29 is 18.8 Å². The Hall–Kier alpha value is -2.34. The first kappa shape index (κ1) is 17.0. The second kappa shape index (κ2) is 7.28. The highest BCUT2D eigenvalue weighted by atomic mass is 35.5. The predicted octanol–water partition coefficient (Wildman–Crippen LogP) is 3.06. The number of halogens is 1. The largest absolute Gasteiger partial charge is 0.452 e. The number of aryl methyl sites for hydroxylation is 2. The fourth-order valence-corrected chi connectivity index (χ4v) is 2.09. The lowest BCUT2D eigenvalue weighted by molar-refractivity contribution is -0.152. The minimum Gasteiger partial charge on any atom is -0.452 e. The van der Waals surface area contributed by atoms with Crippen molar-refractivity contribution in [2.75, 3.05) is 5.32 Å². The van der Waals surface area contributed by atoms with Crippen molar-refractivity contribution in [3.05, 3.63) is 46.3 Å². The zero-order valence-electron chi connectivity index (χ0n) is 13.1. The van der Waals surface area contributed by atoms with Crippen molar-refractivity contribution in [3.8, 4) is 0 Å². The summed E-state index contributed by atoms with van der Waals surface area (Å²) in [6.45, 7) is 4.98. The van der Waals surface area contributed by atoms with Crippen LogP contribution in [0.5, 0.6) is 0 Å². The minimum absolute atomic E-state index is 0.0136. The van der Waals surface area contributed by atoms with Gasteiger partial charge in [0.25, 0.3) is 5.91 Å². The van der Waals surface area contributed by atoms with E-state index in [0.717, 1.165) is 0 Å². The molecule has 0 fully saturated rings.